The lowest BCUT2D eigenvalue weighted by atomic mass is 9.82. The first kappa shape index (κ1) is 15.3. The second kappa shape index (κ2) is 5.71. The molecule has 2 N–H and O–H groups in total. The molecule has 0 spiro atoms. The topological polar surface area (TPSA) is 78.9 Å². The molecule has 1 heterocycles. The molecule has 0 fully saturated rings. The summed E-state index contributed by atoms with van der Waals surface area (Å²) in [5, 5.41) is 12.0. The minimum Gasteiger partial charge on any atom is -0.495 e. The maximum absolute atomic E-state index is 5.85. The summed E-state index contributed by atoms with van der Waals surface area (Å²) in [4.78, 5) is 0. The van der Waals surface area contributed by atoms with Crippen LogP contribution in [0.1, 0.15) is 27.7 Å². The normalized spacial score (nSPS) is 13.2. The van der Waals surface area contributed by atoms with E-state index in [4.69, 9.17) is 10.5 Å². The van der Waals surface area contributed by atoms with Gasteiger partial charge in [0.1, 0.15) is 5.75 Å². The van der Waals surface area contributed by atoms with Crippen LogP contribution < -0.4 is 10.5 Å². The van der Waals surface area contributed by atoms with E-state index in [1.54, 1.807) is 13.2 Å². The molecule has 0 saturated carbocycles. The number of anilines is 1. The summed E-state index contributed by atoms with van der Waals surface area (Å²) >= 11 is 0. The van der Waals surface area contributed by atoms with Crippen LogP contribution >= 0.6 is 0 Å². The molecule has 1 aromatic carbocycles. The number of hydrogen-bond acceptors (Lipinski definition) is 5. The fraction of sp³-hybridized carbons (Fsp3) is 0.533. The summed E-state index contributed by atoms with van der Waals surface area (Å²) in [6, 6.07) is 5.57. The van der Waals surface area contributed by atoms with E-state index in [-0.39, 0.29) is 5.41 Å². The Balaban J connectivity index is 2.32. The molecule has 0 aliphatic carbocycles. The number of nitrogen functional groups attached to an aromatic ring is 1. The van der Waals surface area contributed by atoms with E-state index in [0.29, 0.717) is 17.4 Å². The van der Waals surface area contributed by atoms with Crippen molar-refractivity contribution in [1.82, 2.24) is 20.2 Å². The minimum atomic E-state index is 0.196. The molecule has 2 rings (SSSR count). The van der Waals surface area contributed by atoms with Crippen LogP contribution in [0, 0.1) is 11.3 Å². The highest BCUT2D eigenvalue weighted by Crippen LogP contribution is 2.30. The number of methoxy groups -OCH3 is 1. The monoisotopic (exact) mass is 289 g/mol. The van der Waals surface area contributed by atoms with Crippen molar-refractivity contribution in [3.05, 3.63) is 18.2 Å². The Kier molecular flexibility index (Phi) is 4.16. The lowest BCUT2D eigenvalue weighted by Crippen LogP contribution is -2.23. The van der Waals surface area contributed by atoms with Crippen LogP contribution in [-0.2, 0) is 6.54 Å². The van der Waals surface area contributed by atoms with Gasteiger partial charge in [-0.05, 0) is 40.0 Å². The molecule has 1 unspecified atom stereocenters. The number of benzene rings is 1. The molecular weight excluding hydrogens is 266 g/mol. The van der Waals surface area contributed by atoms with E-state index < -0.39 is 0 Å². The molecule has 2 aromatic rings. The first-order chi connectivity index (χ1) is 9.82. The van der Waals surface area contributed by atoms with Crippen LogP contribution in [0.15, 0.2) is 18.2 Å². The SMILES string of the molecule is COc1cc(-c2nnnn2CC(C)C(C)(C)C)ccc1N. The molecule has 6 nitrogen and oxygen atoms in total. The standard InChI is InChI=1S/C15H23N5O/c1-10(15(2,3)4)9-20-14(17-18-19-20)11-6-7-12(16)13(8-11)21-5/h6-8,10H,9,16H2,1-5H3. The number of nitrogens with zero attached hydrogens (tertiary/aromatic N) is 4. The van der Waals surface area contributed by atoms with E-state index >= 15 is 0 Å². The van der Waals surface area contributed by atoms with Gasteiger partial charge in [-0.15, -0.1) is 5.10 Å². The van der Waals surface area contributed by atoms with Gasteiger partial charge in [0.15, 0.2) is 5.82 Å². The van der Waals surface area contributed by atoms with Crippen LogP contribution in [0.5, 0.6) is 5.75 Å². The Morgan fingerprint density at radius 1 is 1.33 bits per heavy atom. The third-order valence-electron chi connectivity index (χ3n) is 3.95. The molecule has 1 aromatic heterocycles. The van der Waals surface area contributed by atoms with E-state index in [0.717, 1.165) is 17.9 Å². The number of tetrazole rings is 1. The third-order valence-corrected chi connectivity index (χ3v) is 3.95. The maximum Gasteiger partial charge on any atom is 0.182 e. The van der Waals surface area contributed by atoms with Gasteiger partial charge in [-0.3, -0.25) is 0 Å². The van der Waals surface area contributed by atoms with Crippen molar-refractivity contribution >= 4 is 5.69 Å². The zero-order valence-corrected chi connectivity index (χ0v) is 13.3. The fourth-order valence-electron chi connectivity index (χ4n) is 1.92. The first-order valence-corrected chi connectivity index (χ1v) is 7.03. The quantitative estimate of drug-likeness (QED) is 0.875. The summed E-state index contributed by atoms with van der Waals surface area (Å²) in [6.45, 7) is 9.61. The predicted octanol–water partition coefficient (Wildman–Crippen LogP) is 2.61. The summed E-state index contributed by atoms with van der Waals surface area (Å²) in [5.41, 5.74) is 7.54. The lowest BCUT2D eigenvalue weighted by molar-refractivity contribution is 0.225. The van der Waals surface area contributed by atoms with E-state index in [9.17, 15) is 0 Å². The van der Waals surface area contributed by atoms with Gasteiger partial charge in [0.2, 0.25) is 0 Å². The fourth-order valence-corrected chi connectivity index (χ4v) is 1.92. The smallest absolute Gasteiger partial charge is 0.182 e. The Morgan fingerprint density at radius 3 is 2.67 bits per heavy atom. The number of ether oxygens (including phenoxy) is 1. The molecule has 0 bridgehead atoms. The number of rotatable bonds is 4. The number of hydrogen-bond donors (Lipinski definition) is 1. The third kappa shape index (κ3) is 3.32. The summed E-state index contributed by atoms with van der Waals surface area (Å²) in [5.74, 6) is 1.80. The molecule has 6 heteroatoms. The maximum atomic E-state index is 5.85. The van der Waals surface area contributed by atoms with Crippen molar-refractivity contribution in [3.63, 3.8) is 0 Å². The largest absolute Gasteiger partial charge is 0.495 e. The van der Waals surface area contributed by atoms with Gasteiger partial charge in [-0.25, -0.2) is 4.68 Å². The highest BCUT2D eigenvalue weighted by molar-refractivity contribution is 5.65. The van der Waals surface area contributed by atoms with Crippen molar-refractivity contribution in [2.24, 2.45) is 11.3 Å². The Morgan fingerprint density at radius 2 is 2.05 bits per heavy atom. The molecular formula is C15H23N5O. The van der Waals surface area contributed by atoms with Gasteiger partial charge >= 0.3 is 0 Å². The second-order valence-corrected chi connectivity index (χ2v) is 6.41. The predicted molar refractivity (Wildman–Crippen MR) is 82.8 cm³/mol. The summed E-state index contributed by atoms with van der Waals surface area (Å²) in [7, 11) is 1.60. The van der Waals surface area contributed by atoms with Gasteiger partial charge in [-0.1, -0.05) is 27.7 Å². The zero-order valence-electron chi connectivity index (χ0n) is 13.3. The highest BCUT2D eigenvalue weighted by atomic mass is 16.5. The van der Waals surface area contributed by atoms with Crippen LogP contribution in [0.25, 0.3) is 11.4 Å². The van der Waals surface area contributed by atoms with Crippen molar-refractivity contribution in [2.75, 3.05) is 12.8 Å². The zero-order chi connectivity index (χ0) is 15.6. The van der Waals surface area contributed by atoms with Gasteiger partial charge in [0, 0.05) is 12.1 Å². The van der Waals surface area contributed by atoms with Crippen molar-refractivity contribution < 1.29 is 4.74 Å². The molecule has 0 saturated heterocycles. The Hall–Kier alpha value is -2.11. The molecule has 0 amide bonds. The van der Waals surface area contributed by atoms with E-state index in [1.807, 2.05) is 16.8 Å². The summed E-state index contributed by atoms with van der Waals surface area (Å²) in [6.07, 6.45) is 0. The van der Waals surface area contributed by atoms with Crippen molar-refractivity contribution in [2.45, 2.75) is 34.2 Å². The van der Waals surface area contributed by atoms with Crippen LogP contribution in [0.4, 0.5) is 5.69 Å². The second-order valence-electron chi connectivity index (χ2n) is 6.41. The van der Waals surface area contributed by atoms with Gasteiger partial charge in [-0.2, -0.15) is 0 Å². The van der Waals surface area contributed by atoms with Crippen LogP contribution in [0.3, 0.4) is 0 Å². The van der Waals surface area contributed by atoms with Crippen LogP contribution in [0.2, 0.25) is 0 Å². The molecule has 0 radical (unpaired) electrons. The van der Waals surface area contributed by atoms with Crippen molar-refractivity contribution in [1.29, 1.82) is 0 Å². The Labute approximate surface area is 125 Å². The highest BCUT2D eigenvalue weighted by Gasteiger charge is 2.22. The first-order valence-electron chi connectivity index (χ1n) is 7.03. The van der Waals surface area contributed by atoms with E-state index in [2.05, 4.69) is 43.2 Å². The summed E-state index contributed by atoms with van der Waals surface area (Å²) < 4.78 is 7.09. The average molecular weight is 289 g/mol. The molecule has 21 heavy (non-hydrogen) atoms. The van der Waals surface area contributed by atoms with Gasteiger partial charge in [0.25, 0.3) is 0 Å². The number of nitrogens with two attached hydrogens (primary N) is 1. The lowest BCUT2D eigenvalue weighted by Gasteiger charge is -2.27. The van der Waals surface area contributed by atoms with Crippen molar-refractivity contribution in [3.8, 4) is 17.1 Å². The molecule has 114 valence electrons. The molecule has 0 aliphatic rings. The molecule has 1 atom stereocenters. The van der Waals surface area contributed by atoms with Gasteiger partial charge in [0.05, 0.1) is 12.8 Å². The average Bonchev–Trinajstić information content (AvgIpc) is 2.86. The molecule has 0 aliphatic heterocycles. The van der Waals surface area contributed by atoms with Crippen LogP contribution in [-0.4, -0.2) is 27.3 Å². The van der Waals surface area contributed by atoms with Gasteiger partial charge < -0.3 is 10.5 Å². The minimum absolute atomic E-state index is 0.196. The Bertz CT molecular complexity index is 615. The number of aromatic nitrogens is 4. The van der Waals surface area contributed by atoms with E-state index in [1.165, 1.54) is 0 Å².